The molecule has 2 aliphatic rings. The number of nitrogens with two attached hydrogens (primary N) is 1. The van der Waals surface area contributed by atoms with Crippen molar-refractivity contribution in [2.24, 2.45) is 17.6 Å². The van der Waals surface area contributed by atoms with E-state index in [0.717, 1.165) is 31.3 Å². The second kappa shape index (κ2) is 12.3. The van der Waals surface area contributed by atoms with E-state index < -0.39 is 0 Å². The molecule has 0 bridgehead atoms. The minimum Gasteiger partial charge on any atom is -0.330 e. The third kappa shape index (κ3) is 11.2. The minimum atomic E-state index is 0.614. The van der Waals surface area contributed by atoms with E-state index in [4.69, 9.17) is 5.73 Å². The Morgan fingerprint density at radius 1 is 0.800 bits per heavy atom. The average molecular weight is 353 g/mol. The average Bonchev–Trinajstić information content (AvgIpc) is 3.48. The van der Waals surface area contributed by atoms with Gasteiger partial charge in [-0.15, -0.1) is 0 Å². The summed E-state index contributed by atoms with van der Waals surface area (Å²) in [4.78, 5) is 5.42. The van der Waals surface area contributed by atoms with E-state index >= 15 is 0 Å². The summed E-state index contributed by atoms with van der Waals surface area (Å²) in [5.74, 6) is 2.01. The number of unbranched alkanes of at least 4 members (excludes halogenated alkanes) is 1. The molecular weight excluding hydrogens is 308 g/mol. The van der Waals surface area contributed by atoms with Crippen LogP contribution in [0.2, 0.25) is 0 Å². The number of nitrogens with one attached hydrogen (secondary N) is 1. The van der Waals surface area contributed by atoms with Gasteiger partial charge in [-0.25, -0.2) is 0 Å². The predicted octanol–water partition coefficient (Wildman–Crippen LogP) is 2.93. The van der Waals surface area contributed by atoms with Crippen molar-refractivity contribution in [2.75, 3.05) is 52.4 Å². The summed E-state index contributed by atoms with van der Waals surface area (Å²) in [5, 5.41) is 3.55. The van der Waals surface area contributed by atoms with Crippen molar-refractivity contribution >= 4 is 0 Å². The molecule has 0 heterocycles. The Morgan fingerprint density at radius 2 is 1.28 bits per heavy atom. The topological polar surface area (TPSA) is 44.5 Å². The monoisotopic (exact) mass is 352 g/mol. The van der Waals surface area contributed by atoms with Gasteiger partial charge in [-0.3, -0.25) is 0 Å². The van der Waals surface area contributed by atoms with Crippen LogP contribution in [-0.2, 0) is 0 Å². The highest BCUT2D eigenvalue weighted by Crippen LogP contribution is 2.30. The van der Waals surface area contributed by atoms with Crippen LogP contribution in [-0.4, -0.2) is 68.2 Å². The van der Waals surface area contributed by atoms with Gasteiger partial charge in [-0.2, -0.15) is 0 Å². The molecule has 148 valence electrons. The van der Waals surface area contributed by atoms with Gasteiger partial charge < -0.3 is 20.9 Å². The molecule has 2 saturated carbocycles. The molecule has 0 aromatic rings. The fraction of sp³-hybridized carbons (Fsp3) is 1.00. The zero-order valence-corrected chi connectivity index (χ0v) is 17.0. The molecule has 2 fully saturated rings. The highest BCUT2D eigenvalue weighted by Gasteiger charge is 2.25. The van der Waals surface area contributed by atoms with Crippen LogP contribution in [0.3, 0.4) is 0 Å². The van der Waals surface area contributed by atoms with Gasteiger partial charge >= 0.3 is 0 Å². The molecular formula is C21H44N4. The Balaban J connectivity index is 1.57. The lowest BCUT2D eigenvalue weighted by atomic mass is 10.2. The van der Waals surface area contributed by atoms with Gasteiger partial charge in [0.1, 0.15) is 0 Å². The van der Waals surface area contributed by atoms with Crippen LogP contribution in [0.15, 0.2) is 0 Å². The predicted molar refractivity (Wildman–Crippen MR) is 109 cm³/mol. The lowest BCUT2D eigenvalue weighted by Gasteiger charge is -2.25. The largest absolute Gasteiger partial charge is 0.330 e. The molecule has 0 spiro atoms. The maximum absolute atomic E-state index is 5.71. The zero-order valence-electron chi connectivity index (χ0n) is 17.0. The van der Waals surface area contributed by atoms with E-state index in [9.17, 15) is 0 Å². The van der Waals surface area contributed by atoms with Crippen molar-refractivity contribution in [3.05, 3.63) is 0 Å². The van der Waals surface area contributed by atoms with Crippen LogP contribution < -0.4 is 11.1 Å². The molecule has 2 rings (SSSR count). The van der Waals surface area contributed by atoms with Crippen LogP contribution in [0.5, 0.6) is 0 Å². The molecule has 0 aromatic carbocycles. The fourth-order valence-electron chi connectivity index (χ4n) is 3.60. The summed E-state index contributed by atoms with van der Waals surface area (Å²) in [6.45, 7) is 14.2. The highest BCUT2D eigenvalue weighted by atomic mass is 15.1. The van der Waals surface area contributed by atoms with Gasteiger partial charge in [0.2, 0.25) is 0 Å². The summed E-state index contributed by atoms with van der Waals surface area (Å²) >= 11 is 0. The second-order valence-electron chi connectivity index (χ2n) is 8.80. The zero-order chi connectivity index (χ0) is 17.9. The van der Waals surface area contributed by atoms with Crippen LogP contribution in [0.25, 0.3) is 0 Å². The van der Waals surface area contributed by atoms with Gasteiger partial charge in [0, 0.05) is 19.1 Å². The van der Waals surface area contributed by atoms with Gasteiger partial charge in [-0.1, -0.05) is 13.8 Å². The minimum absolute atomic E-state index is 0.614. The van der Waals surface area contributed by atoms with Crippen molar-refractivity contribution < 1.29 is 0 Å². The smallest absolute Gasteiger partial charge is 0.00103 e. The van der Waals surface area contributed by atoms with Crippen molar-refractivity contribution in [1.29, 1.82) is 0 Å². The van der Waals surface area contributed by atoms with E-state index in [2.05, 4.69) is 29.0 Å². The van der Waals surface area contributed by atoms with Gasteiger partial charge in [0.25, 0.3) is 0 Å². The molecule has 0 aromatic heterocycles. The molecule has 0 atom stereocenters. The number of hydrogen-bond acceptors (Lipinski definition) is 4. The first-order chi connectivity index (χ1) is 12.2. The van der Waals surface area contributed by atoms with E-state index in [1.54, 1.807) is 0 Å². The number of rotatable bonds is 17. The number of hydrogen-bond donors (Lipinski definition) is 2. The molecule has 0 amide bonds. The maximum Gasteiger partial charge on any atom is 0.00103 e. The van der Waals surface area contributed by atoms with Gasteiger partial charge in [0.05, 0.1) is 0 Å². The normalized spacial score (nSPS) is 18.0. The molecule has 2 aliphatic carbocycles. The van der Waals surface area contributed by atoms with Crippen molar-refractivity contribution in [2.45, 2.75) is 71.3 Å². The Labute approximate surface area is 156 Å². The number of nitrogens with zero attached hydrogens (tertiary/aromatic N) is 2. The Morgan fingerprint density at radius 3 is 1.72 bits per heavy atom. The Bertz CT molecular complexity index is 326. The molecule has 0 aliphatic heterocycles. The van der Waals surface area contributed by atoms with Crippen LogP contribution in [0.4, 0.5) is 0 Å². The van der Waals surface area contributed by atoms with E-state index in [0.29, 0.717) is 6.04 Å². The fourth-order valence-corrected chi connectivity index (χ4v) is 3.60. The first-order valence-corrected chi connectivity index (χ1v) is 11.1. The first kappa shape index (κ1) is 21.1. The summed E-state index contributed by atoms with van der Waals surface area (Å²) < 4.78 is 0. The van der Waals surface area contributed by atoms with Crippen molar-refractivity contribution in [3.63, 3.8) is 0 Å². The molecule has 4 nitrogen and oxygen atoms in total. The van der Waals surface area contributed by atoms with E-state index in [-0.39, 0.29) is 0 Å². The van der Waals surface area contributed by atoms with Crippen LogP contribution in [0.1, 0.15) is 65.2 Å². The van der Waals surface area contributed by atoms with Gasteiger partial charge in [0.15, 0.2) is 0 Å². The molecule has 0 saturated heterocycles. The Hall–Kier alpha value is -0.160. The standard InChI is InChI=1S/C21H44N4/c1-19(2)23-12-6-16-25(18-21-9-10-21)14-4-3-13-24(15-5-11-22)17-20-7-8-20/h19-21,23H,3-18,22H2,1-2H3. The third-order valence-electron chi connectivity index (χ3n) is 5.51. The lowest BCUT2D eigenvalue weighted by Crippen LogP contribution is -2.33. The van der Waals surface area contributed by atoms with Crippen LogP contribution >= 0.6 is 0 Å². The summed E-state index contributed by atoms with van der Waals surface area (Å²) in [7, 11) is 0. The molecule has 4 heteroatoms. The first-order valence-electron chi connectivity index (χ1n) is 11.1. The summed E-state index contributed by atoms with van der Waals surface area (Å²) in [6, 6.07) is 0.614. The highest BCUT2D eigenvalue weighted by molar-refractivity contribution is 4.79. The summed E-state index contributed by atoms with van der Waals surface area (Å²) in [5.41, 5.74) is 5.71. The molecule has 0 unspecified atom stereocenters. The molecule has 3 N–H and O–H groups in total. The van der Waals surface area contributed by atoms with Gasteiger partial charge in [-0.05, 0) is 102 Å². The second-order valence-corrected chi connectivity index (χ2v) is 8.80. The van der Waals surface area contributed by atoms with E-state index in [1.165, 1.54) is 84.2 Å². The van der Waals surface area contributed by atoms with Crippen LogP contribution in [0, 0.1) is 11.8 Å². The van der Waals surface area contributed by atoms with Crippen molar-refractivity contribution in [1.82, 2.24) is 15.1 Å². The quantitative estimate of drug-likeness (QED) is 0.395. The third-order valence-corrected chi connectivity index (χ3v) is 5.51. The summed E-state index contributed by atoms with van der Waals surface area (Å²) in [6.07, 6.45) is 11.0. The molecule has 0 radical (unpaired) electrons. The Kier molecular flexibility index (Phi) is 10.4. The molecule has 25 heavy (non-hydrogen) atoms. The maximum atomic E-state index is 5.71. The van der Waals surface area contributed by atoms with Crippen molar-refractivity contribution in [3.8, 4) is 0 Å². The van der Waals surface area contributed by atoms with E-state index in [1.807, 2.05) is 0 Å². The lowest BCUT2D eigenvalue weighted by molar-refractivity contribution is 0.228. The SMILES string of the molecule is CC(C)NCCCN(CCCCN(CCCN)CC1CC1)CC1CC1.